The number of carbonyl (C=O) groups is 1. The third-order valence-electron chi connectivity index (χ3n) is 6.21. The molecular formula is C24H38O3. The highest BCUT2D eigenvalue weighted by atomic mass is 16.5. The molecule has 3 nitrogen and oxygen atoms in total. The number of unbranched alkanes of at least 4 members (excludes halogenated alkanes) is 3. The average molecular weight is 375 g/mol. The molecule has 0 aliphatic heterocycles. The molecule has 0 saturated heterocycles. The lowest BCUT2D eigenvalue weighted by Crippen LogP contribution is -2.23. The number of rotatable bonds is 12. The molecule has 2 aliphatic rings. The van der Waals surface area contributed by atoms with Gasteiger partial charge >= 0.3 is 5.97 Å². The lowest BCUT2D eigenvalue weighted by Gasteiger charge is -2.26. The molecule has 3 unspecified atom stereocenters. The number of hydrogen-bond donors (Lipinski definition) is 1. The van der Waals surface area contributed by atoms with Gasteiger partial charge in [0.25, 0.3) is 0 Å². The Morgan fingerprint density at radius 1 is 1.22 bits per heavy atom. The summed E-state index contributed by atoms with van der Waals surface area (Å²) in [5.74, 6) is 2.36. The second-order valence-corrected chi connectivity index (χ2v) is 8.54. The molecule has 0 amide bonds. The minimum Gasteiger partial charge on any atom is -0.469 e. The molecule has 2 aliphatic carbocycles. The summed E-state index contributed by atoms with van der Waals surface area (Å²) >= 11 is 0. The maximum absolute atomic E-state index is 11.1. The van der Waals surface area contributed by atoms with Crippen molar-refractivity contribution >= 4 is 5.97 Å². The summed E-state index contributed by atoms with van der Waals surface area (Å²) < 4.78 is 4.67. The van der Waals surface area contributed by atoms with Gasteiger partial charge in [-0.25, -0.2) is 0 Å². The van der Waals surface area contributed by atoms with Crippen molar-refractivity contribution in [3.8, 4) is 0 Å². The van der Waals surface area contributed by atoms with Crippen molar-refractivity contribution in [3.63, 3.8) is 0 Å². The van der Waals surface area contributed by atoms with Crippen LogP contribution >= 0.6 is 0 Å². The van der Waals surface area contributed by atoms with Gasteiger partial charge in [0.05, 0.1) is 12.7 Å². The zero-order valence-electron chi connectivity index (χ0n) is 17.4. The number of allylic oxidation sites excluding steroid dienone is 5. The van der Waals surface area contributed by atoms with Gasteiger partial charge < -0.3 is 9.84 Å². The minimum absolute atomic E-state index is 0.127. The molecule has 5 atom stereocenters. The molecule has 2 bridgehead atoms. The molecule has 1 fully saturated rings. The van der Waals surface area contributed by atoms with Crippen LogP contribution in [0.1, 0.15) is 71.6 Å². The fourth-order valence-electron chi connectivity index (χ4n) is 4.55. The zero-order valence-corrected chi connectivity index (χ0v) is 17.4. The van der Waals surface area contributed by atoms with Crippen molar-refractivity contribution < 1.29 is 14.6 Å². The van der Waals surface area contributed by atoms with Crippen LogP contribution in [0.2, 0.25) is 0 Å². The van der Waals surface area contributed by atoms with Crippen LogP contribution in [0.3, 0.4) is 0 Å². The van der Waals surface area contributed by atoms with Crippen LogP contribution in [0.5, 0.6) is 0 Å². The molecule has 2 rings (SSSR count). The van der Waals surface area contributed by atoms with E-state index in [0.29, 0.717) is 30.1 Å². The quantitative estimate of drug-likeness (QED) is 0.275. The first-order chi connectivity index (χ1) is 13.0. The third-order valence-corrected chi connectivity index (χ3v) is 6.21. The van der Waals surface area contributed by atoms with Gasteiger partial charge in [0.15, 0.2) is 0 Å². The lowest BCUT2D eigenvalue weighted by atomic mass is 9.80. The minimum atomic E-state index is -0.686. The molecule has 0 heterocycles. The number of hydrogen-bond acceptors (Lipinski definition) is 3. The molecule has 0 aromatic carbocycles. The Hall–Kier alpha value is -1.35. The summed E-state index contributed by atoms with van der Waals surface area (Å²) in [6, 6.07) is 0. The molecule has 0 aromatic rings. The topological polar surface area (TPSA) is 46.5 Å². The molecular weight excluding hydrogens is 336 g/mol. The van der Waals surface area contributed by atoms with E-state index >= 15 is 0 Å². The number of ether oxygens (including phenoxy) is 1. The first kappa shape index (κ1) is 21.9. The summed E-state index contributed by atoms with van der Waals surface area (Å²) in [6.07, 6.45) is 22.5. The number of esters is 1. The van der Waals surface area contributed by atoms with Gasteiger partial charge in [0, 0.05) is 6.42 Å². The van der Waals surface area contributed by atoms with Gasteiger partial charge in [0.1, 0.15) is 0 Å². The predicted molar refractivity (Wildman–Crippen MR) is 111 cm³/mol. The second kappa shape index (κ2) is 10.8. The van der Waals surface area contributed by atoms with Crippen LogP contribution < -0.4 is 0 Å². The summed E-state index contributed by atoms with van der Waals surface area (Å²) in [5.41, 5.74) is -0.686. The van der Waals surface area contributed by atoms with Crippen LogP contribution in [-0.2, 0) is 9.53 Å². The monoisotopic (exact) mass is 374 g/mol. The second-order valence-electron chi connectivity index (χ2n) is 8.54. The first-order valence-electron chi connectivity index (χ1n) is 10.8. The van der Waals surface area contributed by atoms with E-state index in [0.717, 1.165) is 32.1 Å². The molecule has 152 valence electrons. The van der Waals surface area contributed by atoms with Gasteiger partial charge in [-0.05, 0) is 62.7 Å². The van der Waals surface area contributed by atoms with E-state index in [1.165, 1.54) is 26.4 Å². The highest BCUT2D eigenvalue weighted by Gasteiger charge is 2.42. The van der Waals surface area contributed by atoms with Crippen molar-refractivity contribution in [2.45, 2.75) is 77.2 Å². The van der Waals surface area contributed by atoms with Crippen LogP contribution in [0.25, 0.3) is 0 Å². The van der Waals surface area contributed by atoms with E-state index < -0.39 is 5.60 Å². The van der Waals surface area contributed by atoms with E-state index in [-0.39, 0.29) is 5.97 Å². The maximum atomic E-state index is 11.1. The fraction of sp³-hybridized carbons (Fsp3) is 0.708. The fourth-order valence-corrected chi connectivity index (χ4v) is 4.55. The summed E-state index contributed by atoms with van der Waals surface area (Å²) in [4.78, 5) is 11.1. The lowest BCUT2D eigenvalue weighted by molar-refractivity contribution is -0.140. The van der Waals surface area contributed by atoms with E-state index in [4.69, 9.17) is 0 Å². The summed E-state index contributed by atoms with van der Waals surface area (Å²) in [5, 5.41) is 10.6. The normalized spacial score (nSPS) is 29.0. The number of fused-ring (bicyclic) bond motifs is 2. The van der Waals surface area contributed by atoms with Crippen molar-refractivity contribution in [1.29, 1.82) is 0 Å². The molecule has 27 heavy (non-hydrogen) atoms. The average Bonchev–Trinajstić information content (AvgIpc) is 3.24. The summed E-state index contributed by atoms with van der Waals surface area (Å²) in [6.45, 7) is 4.14. The van der Waals surface area contributed by atoms with Crippen molar-refractivity contribution in [2.75, 3.05) is 7.11 Å². The highest BCUT2D eigenvalue weighted by Crippen LogP contribution is 2.50. The molecule has 0 aromatic heterocycles. The van der Waals surface area contributed by atoms with Crippen LogP contribution in [0.4, 0.5) is 0 Å². The molecule has 0 radical (unpaired) electrons. The van der Waals surface area contributed by atoms with Crippen molar-refractivity contribution in [2.24, 2.45) is 23.7 Å². The Morgan fingerprint density at radius 2 is 2.00 bits per heavy atom. The third kappa shape index (κ3) is 6.95. The van der Waals surface area contributed by atoms with Gasteiger partial charge in [-0.1, -0.05) is 62.6 Å². The van der Waals surface area contributed by atoms with Crippen molar-refractivity contribution in [3.05, 3.63) is 36.5 Å². The first-order valence-corrected chi connectivity index (χ1v) is 10.8. The highest BCUT2D eigenvalue weighted by molar-refractivity contribution is 5.69. The molecule has 3 heteroatoms. The van der Waals surface area contributed by atoms with Gasteiger partial charge in [-0.3, -0.25) is 4.79 Å². The summed E-state index contributed by atoms with van der Waals surface area (Å²) in [7, 11) is 1.44. The Balaban J connectivity index is 1.83. The predicted octanol–water partition coefficient (Wildman–Crippen LogP) is 5.60. The van der Waals surface area contributed by atoms with Crippen LogP contribution in [-0.4, -0.2) is 23.8 Å². The van der Waals surface area contributed by atoms with Gasteiger partial charge in [-0.15, -0.1) is 0 Å². The number of methoxy groups -OCH3 is 1. The van der Waals surface area contributed by atoms with Crippen LogP contribution in [0.15, 0.2) is 36.5 Å². The number of aliphatic hydroxyl groups is 1. The zero-order chi connectivity index (χ0) is 19.7. The van der Waals surface area contributed by atoms with Gasteiger partial charge in [0.2, 0.25) is 0 Å². The number of carbonyl (C=O) groups excluding carboxylic acids is 1. The van der Waals surface area contributed by atoms with E-state index in [9.17, 15) is 9.90 Å². The Morgan fingerprint density at radius 3 is 2.74 bits per heavy atom. The molecule has 0 spiro atoms. The van der Waals surface area contributed by atoms with Gasteiger partial charge in [-0.2, -0.15) is 0 Å². The molecule has 1 saturated carbocycles. The van der Waals surface area contributed by atoms with Crippen LogP contribution in [0, 0.1) is 23.7 Å². The standard InChI is InChI=1S/C24H38O3/c1-4-5-10-16-24(2,26)17-15-22-20-14-13-19(18-20)21(22)11-8-6-7-9-12-23(25)27-3/h6,8,13-15,17,19-22,26H,4-5,7,9-12,16,18H2,1-3H3/b8-6-,17-15?/t19-,20-,21?,22?,24?/m0/s1. The smallest absolute Gasteiger partial charge is 0.305 e. The Labute approximate surface area is 165 Å². The maximum Gasteiger partial charge on any atom is 0.305 e. The van der Waals surface area contributed by atoms with E-state index in [1.807, 2.05) is 6.92 Å². The van der Waals surface area contributed by atoms with E-state index in [1.54, 1.807) is 0 Å². The SMILES string of the molecule is CCCCCC(C)(O)C=CC1C(C/C=C\CCCC(=O)OC)[C@H]2C=C[C@H]1C2. The Kier molecular flexibility index (Phi) is 8.82. The van der Waals surface area contributed by atoms with Crippen molar-refractivity contribution in [1.82, 2.24) is 0 Å². The Bertz CT molecular complexity index is 544. The van der Waals surface area contributed by atoms with E-state index in [2.05, 4.69) is 48.1 Å². The molecule has 1 N–H and O–H groups in total. The largest absolute Gasteiger partial charge is 0.469 e.